The lowest BCUT2D eigenvalue weighted by Crippen LogP contribution is -1.98. The predicted molar refractivity (Wildman–Crippen MR) is 78.2 cm³/mol. The SMILES string of the molecule is O=C(O)c1ccc(C(=O)C=Cc2ccc(Cl)cc2)cc1. The number of rotatable bonds is 4. The molecule has 0 radical (unpaired) electrons. The zero-order chi connectivity index (χ0) is 14.5. The highest BCUT2D eigenvalue weighted by molar-refractivity contribution is 6.30. The molecule has 0 atom stereocenters. The van der Waals surface area contributed by atoms with Crippen LogP contribution in [0, 0.1) is 0 Å². The molecule has 2 rings (SSSR count). The van der Waals surface area contributed by atoms with Gasteiger partial charge in [-0.1, -0.05) is 41.9 Å². The minimum atomic E-state index is -1.01. The Morgan fingerprint density at radius 3 is 2.00 bits per heavy atom. The highest BCUT2D eigenvalue weighted by Crippen LogP contribution is 2.12. The molecule has 0 saturated heterocycles. The van der Waals surface area contributed by atoms with Crippen LogP contribution in [0.15, 0.2) is 54.6 Å². The number of carbonyl (C=O) groups excluding carboxylic acids is 1. The largest absolute Gasteiger partial charge is 0.478 e. The highest BCUT2D eigenvalue weighted by Gasteiger charge is 2.05. The van der Waals surface area contributed by atoms with Crippen LogP contribution in [0.2, 0.25) is 5.02 Å². The van der Waals surface area contributed by atoms with E-state index >= 15 is 0 Å². The first-order chi connectivity index (χ1) is 9.56. The average molecular weight is 287 g/mol. The topological polar surface area (TPSA) is 54.4 Å². The number of halogens is 1. The molecule has 3 nitrogen and oxygen atoms in total. The molecule has 1 N–H and O–H groups in total. The molecule has 0 fully saturated rings. The van der Waals surface area contributed by atoms with Crippen molar-refractivity contribution in [2.75, 3.05) is 0 Å². The number of carboxylic acids is 1. The van der Waals surface area contributed by atoms with Crippen molar-refractivity contribution >= 4 is 29.4 Å². The van der Waals surface area contributed by atoms with Gasteiger partial charge in [-0.2, -0.15) is 0 Å². The third-order valence-electron chi connectivity index (χ3n) is 2.71. The molecule has 20 heavy (non-hydrogen) atoms. The second-order valence-corrected chi connectivity index (χ2v) is 4.57. The van der Waals surface area contributed by atoms with Crippen LogP contribution in [0.1, 0.15) is 26.3 Å². The summed E-state index contributed by atoms with van der Waals surface area (Å²) in [6.07, 6.45) is 3.13. The summed E-state index contributed by atoms with van der Waals surface area (Å²) in [6, 6.07) is 12.9. The van der Waals surface area contributed by atoms with E-state index in [-0.39, 0.29) is 11.3 Å². The molecule has 2 aromatic carbocycles. The van der Waals surface area contributed by atoms with E-state index in [1.54, 1.807) is 30.3 Å². The van der Waals surface area contributed by atoms with E-state index in [4.69, 9.17) is 16.7 Å². The normalized spacial score (nSPS) is 10.7. The number of ketones is 1. The quantitative estimate of drug-likeness (QED) is 0.684. The number of carbonyl (C=O) groups is 2. The number of benzene rings is 2. The molecule has 0 aromatic heterocycles. The zero-order valence-electron chi connectivity index (χ0n) is 10.4. The molecule has 0 unspecified atom stereocenters. The lowest BCUT2D eigenvalue weighted by atomic mass is 10.1. The molecule has 0 bridgehead atoms. The van der Waals surface area contributed by atoms with Crippen LogP contribution in [0.4, 0.5) is 0 Å². The van der Waals surface area contributed by atoms with Crippen molar-refractivity contribution in [3.63, 3.8) is 0 Å². The molecule has 0 aliphatic rings. The Morgan fingerprint density at radius 1 is 0.900 bits per heavy atom. The van der Waals surface area contributed by atoms with Gasteiger partial charge in [0.2, 0.25) is 0 Å². The van der Waals surface area contributed by atoms with Crippen molar-refractivity contribution < 1.29 is 14.7 Å². The molecule has 0 spiro atoms. The third-order valence-corrected chi connectivity index (χ3v) is 2.97. The Morgan fingerprint density at radius 2 is 1.45 bits per heavy atom. The van der Waals surface area contributed by atoms with Crippen LogP contribution in [0.5, 0.6) is 0 Å². The van der Waals surface area contributed by atoms with Gasteiger partial charge >= 0.3 is 5.97 Å². The number of carboxylic acid groups (broad SMARTS) is 1. The maximum atomic E-state index is 11.9. The molecule has 2 aromatic rings. The fraction of sp³-hybridized carbons (Fsp3) is 0. The summed E-state index contributed by atoms with van der Waals surface area (Å²) in [6.45, 7) is 0. The van der Waals surface area contributed by atoms with Crippen LogP contribution in [0.3, 0.4) is 0 Å². The van der Waals surface area contributed by atoms with Gasteiger partial charge in [-0.15, -0.1) is 0 Å². The Kier molecular flexibility index (Phi) is 4.33. The van der Waals surface area contributed by atoms with E-state index in [0.717, 1.165) is 5.56 Å². The lowest BCUT2D eigenvalue weighted by Gasteiger charge is -1.98. The van der Waals surface area contributed by atoms with Gasteiger partial charge < -0.3 is 5.11 Å². The summed E-state index contributed by atoms with van der Waals surface area (Å²) in [7, 11) is 0. The summed E-state index contributed by atoms with van der Waals surface area (Å²) in [5.74, 6) is -1.20. The van der Waals surface area contributed by atoms with E-state index in [0.29, 0.717) is 10.6 Å². The summed E-state index contributed by atoms with van der Waals surface area (Å²) < 4.78 is 0. The minimum Gasteiger partial charge on any atom is -0.478 e. The molecule has 0 saturated carbocycles. The Labute approximate surface area is 121 Å². The van der Waals surface area contributed by atoms with E-state index in [9.17, 15) is 9.59 Å². The molecule has 0 heterocycles. The van der Waals surface area contributed by atoms with Crippen molar-refractivity contribution in [2.45, 2.75) is 0 Å². The van der Waals surface area contributed by atoms with Gasteiger partial charge in [0.15, 0.2) is 5.78 Å². The summed E-state index contributed by atoms with van der Waals surface area (Å²) in [4.78, 5) is 22.6. The number of hydrogen-bond acceptors (Lipinski definition) is 2. The van der Waals surface area contributed by atoms with Crippen LogP contribution >= 0.6 is 11.6 Å². The lowest BCUT2D eigenvalue weighted by molar-refractivity contribution is 0.0696. The molecular weight excluding hydrogens is 276 g/mol. The van der Waals surface area contributed by atoms with E-state index in [1.165, 1.54) is 30.3 Å². The standard InChI is InChI=1S/C16H11ClO3/c17-14-8-1-11(2-9-14)3-10-15(18)12-4-6-13(7-5-12)16(19)20/h1-10H,(H,19,20). The van der Waals surface area contributed by atoms with Crippen molar-refractivity contribution in [2.24, 2.45) is 0 Å². The van der Waals surface area contributed by atoms with Crippen LogP contribution in [-0.2, 0) is 0 Å². The molecule has 0 aliphatic heterocycles. The van der Waals surface area contributed by atoms with Crippen LogP contribution < -0.4 is 0 Å². The molecular formula is C16H11ClO3. The van der Waals surface area contributed by atoms with Crippen molar-refractivity contribution in [1.29, 1.82) is 0 Å². The van der Waals surface area contributed by atoms with Crippen molar-refractivity contribution in [3.05, 3.63) is 76.3 Å². The first kappa shape index (κ1) is 14.0. The number of allylic oxidation sites excluding steroid dienone is 1. The second kappa shape index (κ2) is 6.17. The van der Waals surface area contributed by atoms with Gasteiger partial charge in [-0.25, -0.2) is 4.79 Å². The summed E-state index contributed by atoms with van der Waals surface area (Å²) >= 11 is 5.77. The second-order valence-electron chi connectivity index (χ2n) is 4.13. The van der Waals surface area contributed by atoms with E-state index in [2.05, 4.69) is 0 Å². The van der Waals surface area contributed by atoms with Gasteiger partial charge in [-0.3, -0.25) is 4.79 Å². The van der Waals surface area contributed by atoms with Crippen molar-refractivity contribution in [1.82, 2.24) is 0 Å². The smallest absolute Gasteiger partial charge is 0.335 e. The first-order valence-corrected chi connectivity index (χ1v) is 6.25. The van der Waals surface area contributed by atoms with E-state index in [1.807, 2.05) is 0 Å². The summed E-state index contributed by atoms with van der Waals surface area (Å²) in [5, 5.41) is 9.42. The maximum Gasteiger partial charge on any atom is 0.335 e. The summed E-state index contributed by atoms with van der Waals surface area (Å²) in [5.41, 5.74) is 1.47. The van der Waals surface area contributed by atoms with Crippen LogP contribution in [-0.4, -0.2) is 16.9 Å². The fourth-order valence-corrected chi connectivity index (χ4v) is 1.75. The number of aromatic carboxylic acids is 1. The average Bonchev–Trinajstić information content (AvgIpc) is 2.46. The monoisotopic (exact) mass is 286 g/mol. The third kappa shape index (κ3) is 3.56. The highest BCUT2D eigenvalue weighted by atomic mass is 35.5. The number of hydrogen-bond donors (Lipinski definition) is 1. The van der Waals surface area contributed by atoms with Gasteiger partial charge in [0.25, 0.3) is 0 Å². The molecule has 0 aliphatic carbocycles. The van der Waals surface area contributed by atoms with Crippen molar-refractivity contribution in [3.8, 4) is 0 Å². The van der Waals surface area contributed by atoms with Gasteiger partial charge in [0.05, 0.1) is 5.56 Å². The van der Waals surface area contributed by atoms with Gasteiger partial charge in [-0.05, 0) is 35.9 Å². The zero-order valence-corrected chi connectivity index (χ0v) is 11.2. The molecule has 100 valence electrons. The molecule has 4 heteroatoms. The Balaban J connectivity index is 2.11. The predicted octanol–water partition coefficient (Wildman–Crippen LogP) is 3.93. The van der Waals surface area contributed by atoms with E-state index < -0.39 is 5.97 Å². The van der Waals surface area contributed by atoms with Gasteiger partial charge in [0.1, 0.15) is 0 Å². The van der Waals surface area contributed by atoms with Crippen LogP contribution in [0.25, 0.3) is 6.08 Å². The van der Waals surface area contributed by atoms with Gasteiger partial charge in [0, 0.05) is 10.6 Å². The molecule has 0 amide bonds. The Bertz CT molecular complexity index is 655. The maximum absolute atomic E-state index is 11.9. The minimum absolute atomic E-state index is 0.156. The fourth-order valence-electron chi connectivity index (χ4n) is 1.62. The Hall–Kier alpha value is -2.39. The first-order valence-electron chi connectivity index (χ1n) is 5.87.